The molecule has 0 saturated heterocycles. The molecule has 0 aliphatic heterocycles. The lowest BCUT2D eigenvalue weighted by Gasteiger charge is -2.49. The lowest BCUT2D eigenvalue weighted by molar-refractivity contribution is -0.168. The summed E-state index contributed by atoms with van der Waals surface area (Å²) < 4.78 is 9.98. The molecule has 134 valence electrons. The minimum absolute atomic E-state index is 0.235. The van der Waals surface area contributed by atoms with Crippen molar-refractivity contribution in [3.05, 3.63) is 70.8 Å². The number of hydrogen-bond acceptors (Lipinski definition) is 5. The number of rotatable bonds is 2. The first-order chi connectivity index (χ1) is 12.6. The molecule has 0 radical (unpaired) electrons. The van der Waals surface area contributed by atoms with Crippen molar-refractivity contribution >= 4 is 11.9 Å². The summed E-state index contributed by atoms with van der Waals surface area (Å²) in [6, 6.07) is 15.1. The fourth-order valence-corrected chi connectivity index (χ4v) is 4.67. The predicted octanol–water partition coefficient (Wildman–Crippen LogP) is 2.54. The number of esters is 2. The van der Waals surface area contributed by atoms with E-state index in [0.29, 0.717) is 0 Å². The van der Waals surface area contributed by atoms with Crippen molar-refractivity contribution in [2.45, 2.75) is 17.9 Å². The lowest BCUT2D eigenvalue weighted by Crippen LogP contribution is -2.52. The van der Waals surface area contributed by atoms with E-state index in [1.54, 1.807) is 0 Å². The van der Waals surface area contributed by atoms with E-state index in [4.69, 9.17) is 9.47 Å². The zero-order chi connectivity index (χ0) is 18.4. The molecule has 0 amide bonds. The molecule has 2 aliphatic carbocycles. The standard InChI is InChI=1S/C21H20O5/c1-25-20(23)17-15-11-7-3-5-9-13(11)19(22)14-10-6-4-8-12(14)16(15)18(17)21(24)26-2/h3-10,15-19,22H,1-2H3. The molecule has 2 aromatic carbocycles. The van der Waals surface area contributed by atoms with E-state index in [1.807, 2.05) is 48.5 Å². The van der Waals surface area contributed by atoms with Gasteiger partial charge in [0.15, 0.2) is 0 Å². The van der Waals surface area contributed by atoms with Crippen LogP contribution in [0.15, 0.2) is 48.5 Å². The highest BCUT2D eigenvalue weighted by atomic mass is 16.5. The predicted molar refractivity (Wildman–Crippen MR) is 93.4 cm³/mol. The number of carbonyl (C=O) groups is 2. The maximum atomic E-state index is 12.5. The lowest BCUT2D eigenvalue weighted by atomic mass is 9.52. The van der Waals surface area contributed by atoms with Crippen molar-refractivity contribution in [1.29, 1.82) is 0 Å². The van der Waals surface area contributed by atoms with Crippen molar-refractivity contribution in [1.82, 2.24) is 0 Å². The van der Waals surface area contributed by atoms with Crippen LogP contribution in [0, 0.1) is 11.8 Å². The maximum absolute atomic E-state index is 12.5. The summed E-state index contributed by atoms with van der Waals surface area (Å²) >= 11 is 0. The van der Waals surface area contributed by atoms with Gasteiger partial charge >= 0.3 is 11.9 Å². The number of fused-ring (bicyclic) bond motifs is 5. The third-order valence-electron chi connectivity index (χ3n) is 5.79. The SMILES string of the molecule is COC(=O)C1C(C(=O)OC)C2c3ccccc3C(O)c3ccccc3C12. The van der Waals surface area contributed by atoms with E-state index in [9.17, 15) is 14.7 Å². The van der Waals surface area contributed by atoms with E-state index < -0.39 is 29.9 Å². The second kappa shape index (κ2) is 6.25. The molecule has 2 aliphatic rings. The Morgan fingerprint density at radius 1 is 0.731 bits per heavy atom. The van der Waals surface area contributed by atoms with Gasteiger partial charge in [-0.05, 0) is 22.3 Å². The number of carbonyl (C=O) groups excluding carboxylic acids is 2. The molecule has 5 heteroatoms. The van der Waals surface area contributed by atoms with Crippen LogP contribution in [0.2, 0.25) is 0 Å². The summed E-state index contributed by atoms with van der Waals surface area (Å²) in [5, 5.41) is 11.0. The summed E-state index contributed by atoms with van der Waals surface area (Å²) in [4.78, 5) is 25.0. The zero-order valence-corrected chi connectivity index (χ0v) is 14.6. The minimum Gasteiger partial charge on any atom is -0.469 e. The van der Waals surface area contributed by atoms with Crippen molar-refractivity contribution in [3.63, 3.8) is 0 Å². The Kier molecular flexibility index (Phi) is 4.04. The first-order valence-electron chi connectivity index (χ1n) is 8.61. The Morgan fingerprint density at radius 3 is 1.42 bits per heavy atom. The largest absolute Gasteiger partial charge is 0.469 e. The summed E-state index contributed by atoms with van der Waals surface area (Å²) in [5.41, 5.74) is 3.31. The molecule has 0 aromatic heterocycles. The van der Waals surface area contributed by atoms with Crippen LogP contribution in [0.5, 0.6) is 0 Å². The summed E-state index contributed by atoms with van der Waals surface area (Å²) in [6.07, 6.45) is -0.801. The average molecular weight is 352 g/mol. The fraction of sp³-hybridized carbons (Fsp3) is 0.333. The second-order valence-corrected chi connectivity index (χ2v) is 6.81. The molecule has 26 heavy (non-hydrogen) atoms. The highest BCUT2D eigenvalue weighted by molar-refractivity contribution is 5.87. The van der Waals surface area contributed by atoms with Gasteiger partial charge in [-0.3, -0.25) is 9.59 Å². The third-order valence-corrected chi connectivity index (χ3v) is 5.79. The van der Waals surface area contributed by atoms with Crippen molar-refractivity contribution < 1.29 is 24.2 Å². The topological polar surface area (TPSA) is 72.8 Å². The van der Waals surface area contributed by atoms with Gasteiger partial charge in [0.05, 0.1) is 26.1 Å². The molecule has 1 N–H and O–H groups in total. The first-order valence-corrected chi connectivity index (χ1v) is 8.61. The number of benzene rings is 2. The van der Waals surface area contributed by atoms with Crippen LogP contribution >= 0.6 is 0 Å². The molecule has 5 nitrogen and oxygen atoms in total. The molecule has 0 spiro atoms. The van der Waals surface area contributed by atoms with Crippen molar-refractivity contribution in [2.75, 3.05) is 14.2 Å². The summed E-state index contributed by atoms with van der Waals surface area (Å²) in [7, 11) is 2.66. The van der Waals surface area contributed by atoms with Crippen molar-refractivity contribution in [2.24, 2.45) is 11.8 Å². The highest BCUT2D eigenvalue weighted by Crippen LogP contribution is 2.62. The third kappa shape index (κ3) is 2.20. The Balaban J connectivity index is 1.96. The van der Waals surface area contributed by atoms with Crippen LogP contribution in [-0.2, 0) is 19.1 Å². The molecule has 4 atom stereocenters. The minimum atomic E-state index is -0.801. The van der Waals surface area contributed by atoms with Gasteiger partial charge in [0.1, 0.15) is 6.10 Å². The van der Waals surface area contributed by atoms with Crippen LogP contribution < -0.4 is 0 Å². The fourth-order valence-electron chi connectivity index (χ4n) is 4.67. The Morgan fingerprint density at radius 2 is 1.08 bits per heavy atom. The van der Waals surface area contributed by atoms with Gasteiger partial charge in [-0.1, -0.05) is 48.5 Å². The Hall–Kier alpha value is -2.66. The molecule has 1 saturated carbocycles. The van der Waals surface area contributed by atoms with E-state index in [1.165, 1.54) is 14.2 Å². The van der Waals surface area contributed by atoms with Crippen molar-refractivity contribution in [3.8, 4) is 0 Å². The molecule has 4 unspecified atom stereocenters. The van der Waals surface area contributed by atoms with Gasteiger partial charge in [-0.15, -0.1) is 0 Å². The van der Waals surface area contributed by atoms with Gasteiger partial charge in [0.2, 0.25) is 0 Å². The van der Waals surface area contributed by atoms with Crippen LogP contribution in [0.1, 0.15) is 40.2 Å². The van der Waals surface area contributed by atoms with Crippen LogP contribution in [0.3, 0.4) is 0 Å². The van der Waals surface area contributed by atoms with Gasteiger partial charge < -0.3 is 14.6 Å². The molecule has 1 fully saturated rings. The van der Waals surface area contributed by atoms with Crippen LogP contribution in [-0.4, -0.2) is 31.3 Å². The maximum Gasteiger partial charge on any atom is 0.310 e. The van der Waals surface area contributed by atoms with E-state index in [-0.39, 0.29) is 11.8 Å². The van der Waals surface area contributed by atoms with Crippen LogP contribution in [0.4, 0.5) is 0 Å². The number of hydrogen-bond donors (Lipinski definition) is 1. The number of aliphatic hydroxyl groups is 1. The Bertz CT molecular complexity index is 803. The number of methoxy groups -OCH3 is 2. The average Bonchev–Trinajstić information content (AvgIpc) is 2.74. The molecular formula is C21H20O5. The van der Waals surface area contributed by atoms with Gasteiger partial charge in [-0.2, -0.15) is 0 Å². The first kappa shape index (κ1) is 16.8. The van der Waals surface area contributed by atoms with E-state index in [2.05, 4.69) is 0 Å². The normalized spacial score (nSPS) is 28.5. The molecule has 0 bridgehead atoms. The van der Waals surface area contributed by atoms with E-state index in [0.717, 1.165) is 22.3 Å². The van der Waals surface area contributed by atoms with Crippen LogP contribution in [0.25, 0.3) is 0 Å². The summed E-state index contributed by atoms with van der Waals surface area (Å²) in [5.74, 6) is -2.58. The Labute approximate surface area is 151 Å². The molecule has 2 aromatic rings. The van der Waals surface area contributed by atoms with Gasteiger partial charge in [-0.25, -0.2) is 0 Å². The molecular weight excluding hydrogens is 332 g/mol. The number of ether oxygens (including phenoxy) is 2. The quantitative estimate of drug-likeness (QED) is 0.841. The summed E-state index contributed by atoms with van der Waals surface area (Å²) in [6.45, 7) is 0. The smallest absolute Gasteiger partial charge is 0.310 e. The highest BCUT2D eigenvalue weighted by Gasteiger charge is 2.61. The van der Waals surface area contributed by atoms with E-state index >= 15 is 0 Å². The molecule has 4 rings (SSSR count). The van der Waals surface area contributed by atoms with Gasteiger partial charge in [0, 0.05) is 11.8 Å². The molecule has 0 heterocycles. The second-order valence-electron chi connectivity index (χ2n) is 6.81. The monoisotopic (exact) mass is 352 g/mol. The number of aliphatic hydroxyl groups excluding tert-OH is 1. The van der Waals surface area contributed by atoms with Gasteiger partial charge in [0.25, 0.3) is 0 Å². The zero-order valence-electron chi connectivity index (χ0n) is 14.6.